The van der Waals surface area contributed by atoms with Gasteiger partial charge in [-0.1, -0.05) is 0 Å². The van der Waals surface area contributed by atoms with Crippen LogP contribution in [0, 0.1) is 6.92 Å². The predicted octanol–water partition coefficient (Wildman–Crippen LogP) is 1.36. The molecular formula is C11H12FeN3O. The Hall–Kier alpha value is -1.45. The van der Waals surface area contributed by atoms with Crippen LogP contribution in [0.15, 0.2) is 35.1 Å². The van der Waals surface area contributed by atoms with Gasteiger partial charge in [0.2, 0.25) is 0 Å². The van der Waals surface area contributed by atoms with E-state index in [2.05, 4.69) is 20.6 Å². The molecule has 2 aromatic rings. The van der Waals surface area contributed by atoms with Crippen LogP contribution in [0.25, 0.3) is 5.69 Å². The van der Waals surface area contributed by atoms with Crippen molar-refractivity contribution in [3.8, 4) is 5.69 Å². The molecule has 0 saturated heterocycles. The molecule has 1 N–H and O–H groups in total. The molecule has 0 atom stereocenters. The number of para-hydroxylation sites is 1. The molecule has 16 heavy (non-hydrogen) atoms. The van der Waals surface area contributed by atoms with Crippen molar-refractivity contribution in [2.24, 2.45) is 7.05 Å². The second-order valence-corrected chi connectivity index (χ2v) is 3.80. The summed E-state index contributed by atoms with van der Waals surface area (Å²) in [7, 11) is 1.85. The molecule has 2 rings (SSSR count). The Kier molecular flexibility index (Phi) is 2.90. The van der Waals surface area contributed by atoms with E-state index >= 15 is 0 Å². The first-order valence-electron chi connectivity index (χ1n) is 4.86. The van der Waals surface area contributed by atoms with Gasteiger partial charge in [-0.15, -0.1) is 0 Å². The Morgan fingerprint density at radius 2 is 1.88 bits per heavy atom. The van der Waals surface area contributed by atoms with Gasteiger partial charge in [0.15, 0.2) is 0 Å². The number of anilines is 1. The maximum atomic E-state index is 12.1. The molecule has 0 bridgehead atoms. The zero-order valence-corrected chi connectivity index (χ0v) is 10.1. The maximum absolute atomic E-state index is 12.1. The minimum atomic E-state index is -0.0822. The second kappa shape index (κ2) is 4.20. The topological polar surface area (TPSA) is 39.0 Å². The van der Waals surface area contributed by atoms with E-state index in [-0.39, 0.29) is 5.56 Å². The van der Waals surface area contributed by atoms with Crippen molar-refractivity contribution in [2.45, 2.75) is 6.92 Å². The number of nitrogens with one attached hydrogen (secondary N) is 1. The van der Waals surface area contributed by atoms with Crippen LogP contribution in [-0.4, -0.2) is 9.36 Å². The molecule has 0 radical (unpaired) electrons. The molecule has 0 saturated carbocycles. The van der Waals surface area contributed by atoms with E-state index in [0.29, 0.717) is 5.69 Å². The summed E-state index contributed by atoms with van der Waals surface area (Å²) >= 11 is 3.55. The normalized spacial score (nSPS) is 10.4. The van der Waals surface area contributed by atoms with E-state index in [4.69, 9.17) is 0 Å². The first-order valence-corrected chi connectivity index (χ1v) is 5.41. The van der Waals surface area contributed by atoms with Crippen LogP contribution < -0.4 is 9.89 Å². The van der Waals surface area contributed by atoms with Crippen molar-refractivity contribution in [2.75, 3.05) is 4.33 Å². The fraction of sp³-hybridized carbons (Fsp3) is 0.182. The number of hydrogen-bond donors (Lipinski definition) is 1. The fourth-order valence-electron chi connectivity index (χ4n) is 1.67. The number of benzene rings is 1. The van der Waals surface area contributed by atoms with Crippen LogP contribution in [0.3, 0.4) is 0 Å². The summed E-state index contributed by atoms with van der Waals surface area (Å²) in [5.74, 6) is 0. The monoisotopic (exact) mass is 258 g/mol. The first-order chi connectivity index (χ1) is 7.66. The number of hydrogen-bond acceptors (Lipinski definition) is 2. The molecule has 1 heterocycles. The van der Waals surface area contributed by atoms with Gasteiger partial charge in [-0.2, -0.15) is 0 Å². The molecule has 0 aliphatic heterocycles. The summed E-state index contributed by atoms with van der Waals surface area (Å²) in [4.78, 5) is 12.1. The Morgan fingerprint density at radius 3 is 2.38 bits per heavy atom. The van der Waals surface area contributed by atoms with Gasteiger partial charge >= 0.3 is 102 Å². The molecule has 1 aromatic heterocycles. The molecule has 5 heteroatoms. The Balaban J connectivity index is 2.72. The van der Waals surface area contributed by atoms with Gasteiger partial charge in [0.05, 0.1) is 0 Å². The van der Waals surface area contributed by atoms with Gasteiger partial charge in [-0.05, 0) is 0 Å². The molecule has 0 aliphatic carbocycles. The van der Waals surface area contributed by atoms with Gasteiger partial charge in [0.25, 0.3) is 0 Å². The molecule has 1 aromatic carbocycles. The van der Waals surface area contributed by atoms with E-state index in [9.17, 15) is 4.79 Å². The zero-order valence-electron chi connectivity index (χ0n) is 9.04. The van der Waals surface area contributed by atoms with Crippen molar-refractivity contribution in [1.29, 1.82) is 0 Å². The fourth-order valence-corrected chi connectivity index (χ4v) is 1.99. The Bertz CT molecular complexity index is 557. The van der Waals surface area contributed by atoms with Crippen LogP contribution in [0.4, 0.5) is 5.69 Å². The number of nitrogens with zero attached hydrogens (tertiary/aromatic N) is 2. The molecule has 0 aliphatic rings. The summed E-state index contributed by atoms with van der Waals surface area (Å²) in [6, 6.07) is 9.52. The summed E-state index contributed by atoms with van der Waals surface area (Å²) in [5.41, 5.74) is 2.16. The molecule has 0 spiro atoms. The van der Waals surface area contributed by atoms with Gasteiger partial charge < -0.3 is 0 Å². The van der Waals surface area contributed by atoms with E-state index in [1.54, 1.807) is 4.68 Å². The van der Waals surface area contributed by atoms with Crippen LogP contribution in [0.5, 0.6) is 0 Å². The van der Waals surface area contributed by atoms with Crippen molar-refractivity contribution >= 4 is 5.69 Å². The van der Waals surface area contributed by atoms with Crippen LogP contribution >= 0.6 is 0 Å². The molecule has 85 valence electrons. The molecule has 0 unspecified atom stereocenters. The summed E-state index contributed by atoms with van der Waals surface area (Å²) in [5, 5.41) is 0. The van der Waals surface area contributed by atoms with Crippen molar-refractivity contribution < 1.29 is 16.2 Å². The molecule has 0 fully saturated rings. The average Bonchev–Trinajstić information content (AvgIpc) is 2.51. The average molecular weight is 258 g/mol. The van der Waals surface area contributed by atoms with Gasteiger partial charge in [-0.3, -0.25) is 0 Å². The van der Waals surface area contributed by atoms with Crippen LogP contribution in [-0.2, 0) is 23.3 Å². The van der Waals surface area contributed by atoms with E-state index in [1.165, 1.54) is 0 Å². The standard InChI is InChI=1S/C11H12N3O.Fe/c1-8-10(12)11(15)14(13(8)2)9-6-4-3-5-7-9;/h3-7,12H,1-2H3;/q-1;+1. The number of aromatic nitrogens is 2. The predicted molar refractivity (Wildman–Crippen MR) is 59.4 cm³/mol. The van der Waals surface area contributed by atoms with E-state index < -0.39 is 0 Å². The first kappa shape index (κ1) is 11.0. The van der Waals surface area contributed by atoms with Gasteiger partial charge in [0, 0.05) is 0 Å². The third-order valence-corrected chi connectivity index (χ3v) is 2.92. The number of rotatable bonds is 2. The van der Waals surface area contributed by atoms with Crippen molar-refractivity contribution in [3.05, 3.63) is 46.4 Å². The van der Waals surface area contributed by atoms with Gasteiger partial charge in [-0.25, -0.2) is 0 Å². The van der Waals surface area contributed by atoms with Crippen molar-refractivity contribution in [1.82, 2.24) is 9.36 Å². The van der Waals surface area contributed by atoms with E-state index in [1.807, 2.05) is 49.0 Å². The Morgan fingerprint density at radius 1 is 1.25 bits per heavy atom. The molecular weight excluding hydrogens is 246 g/mol. The molecule has 0 amide bonds. The zero-order chi connectivity index (χ0) is 11.7. The van der Waals surface area contributed by atoms with Crippen molar-refractivity contribution in [3.63, 3.8) is 0 Å². The van der Waals surface area contributed by atoms with Crippen LogP contribution in [0.2, 0.25) is 0 Å². The molecule has 4 nitrogen and oxygen atoms in total. The summed E-state index contributed by atoms with van der Waals surface area (Å²) in [6.45, 7) is 1.88. The second-order valence-electron chi connectivity index (χ2n) is 3.52. The SMILES string of the molecule is Cc1c([NH][Fe])c(=O)n(-c2ccccc2)n1C. The summed E-state index contributed by atoms with van der Waals surface area (Å²) < 4.78 is 6.11. The third-order valence-electron chi connectivity index (χ3n) is 2.64. The van der Waals surface area contributed by atoms with E-state index in [0.717, 1.165) is 11.4 Å². The quantitative estimate of drug-likeness (QED) is 0.826. The minimum absolute atomic E-state index is 0.0822. The van der Waals surface area contributed by atoms with Crippen LogP contribution in [0.1, 0.15) is 5.69 Å². The van der Waals surface area contributed by atoms with Gasteiger partial charge in [0.1, 0.15) is 0 Å². The Labute approximate surface area is 102 Å². The summed E-state index contributed by atoms with van der Waals surface area (Å²) in [6.07, 6.45) is 0. The third kappa shape index (κ3) is 1.58.